The minimum Gasteiger partial charge on any atom is -0.363 e. The van der Waals surface area contributed by atoms with Crippen molar-refractivity contribution in [3.8, 4) is 0 Å². The molecule has 0 heterocycles. The van der Waals surface area contributed by atoms with Crippen LogP contribution in [-0.2, 0) is 13.1 Å². The first-order valence-electron chi connectivity index (χ1n) is 7.61. The van der Waals surface area contributed by atoms with E-state index >= 15 is 0 Å². The van der Waals surface area contributed by atoms with E-state index in [1.165, 1.54) is 11.1 Å². The first-order valence-corrected chi connectivity index (χ1v) is 9.16. The molecule has 4 heteroatoms. The molecule has 24 heavy (non-hydrogen) atoms. The van der Waals surface area contributed by atoms with Gasteiger partial charge < -0.3 is 4.90 Å². The fourth-order valence-corrected chi connectivity index (χ4v) is 3.28. The van der Waals surface area contributed by atoms with Crippen LogP contribution in [0.4, 0.5) is 5.69 Å². The van der Waals surface area contributed by atoms with E-state index in [0.29, 0.717) is 10.0 Å². The highest BCUT2D eigenvalue weighted by Crippen LogP contribution is 2.35. The molecule has 3 aromatic rings. The maximum absolute atomic E-state index is 6.31. The first kappa shape index (κ1) is 17.3. The maximum Gasteiger partial charge on any atom is 0.0583 e. The van der Waals surface area contributed by atoms with Gasteiger partial charge in [-0.3, -0.25) is 0 Å². The van der Waals surface area contributed by atoms with Crippen LogP contribution >= 0.6 is 39.1 Å². The van der Waals surface area contributed by atoms with E-state index < -0.39 is 0 Å². The maximum atomic E-state index is 6.31. The van der Waals surface area contributed by atoms with Crippen molar-refractivity contribution in [1.82, 2.24) is 0 Å². The van der Waals surface area contributed by atoms with Crippen molar-refractivity contribution in [2.24, 2.45) is 0 Å². The van der Waals surface area contributed by atoms with Crippen LogP contribution in [0.5, 0.6) is 0 Å². The quantitative estimate of drug-likeness (QED) is 0.403. The summed E-state index contributed by atoms with van der Waals surface area (Å²) in [6.07, 6.45) is 0. The van der Waals surface area contributed by atoms with Gasteiger partial charge in [0.2, 0.25) is 0 Å². The number of hydrogen-bond acceptors (Lipinski definition) is 1. The smallest absolute Gasteiger partial charge is 0.0583 e. The van der Waals surface area contributed by atoms with E-state index in [9.17, 15) is 0 Å². The van der Waals surface area contributed by atoms with Crippen molar-refractivity contribution in [3.63, 3.8) is 0 Å². The molecule has 0 N–H and O–H groups in total. The third-order valence-electron chi connectivity index (χ3n) is 3.77. The van der Waals surface area contributed by atoms with Crippen molar-refractivity contribution in [1.29, 1.82) is 0 Å². The molecule has 122 valence electrons. The lowest BCUT2D eigenvalue weighted by molar-refractivity contribution is 0.800. The minimum atomic E-state index is 0.614. The fraction of sp³-hybridized carbons (Fsp3) is 0.100. The molecule has 3 rings (SSSR count). The molecule has 0 aliphatic heterocycles. The molecule has 0 amide bonds. The summed E-state index contributed by atoms with van der Waals surface area (Å²) in [5.74, 6) is 0. The Kier molecular flexibility index (Phi) is 5.83. The van der Waals surface area contributed by atoms with Crippen LogP contribution in [0.15, 0.2) is 77.3 Å². The van der Waals surface area contributed by atoms with E-state index in [1.807, 2.05) is 24.3 Å². The van der Waals surface area contributed by atoms with Gasteiger partial charge in [0.15, 0.2) is 0 Å². The highest BCUT2D eigenvalue weighted by atomic mass is 79.9. The van der Waals surface area contributed by atoms with Crippen LogP contribution in [-0.4, -0.2) is 0 Å². The number of halogens is 3. The Labute approximate surface area is 161 Å². The fourth-order valence-electron chi connectivity index (χ4n) is 2.57. The van der Waals surface area contributed by atoms with Crippen LogP contribution in [0.25, 0.3) is 0 Å². The molecule has 0 fully saturated rings. The zero-order valence-electron chi connectivity index (χ0n) is 12.9. The van der Waals surface area contributed by atoms with Crippen molar-refractivity contribution < 1.29 is 0 Å². The molecule has 0 spiro atoms. The van der Waals surface area contributed by atoms with Crippen molar-refractivity contribution in [3.05, 3.63) is 98.4 Å². The molecule has 1 nitrogen and oxygen atoms in total. The Balaban J connectivity index is 1.95. The summed E-state index contributed by atoms with van der Waals surface area (Å²) in [6, 6.07) is 24.7. The van der Waals surface area contributed by atoms with E-state index in [0.717, 1.165) is 23.2 Å². The van der Waals surface area contributed by atoms with Crippen LogP contribution in [0.3, 0.4) is 0 Å². The third-order valence-corrected chi connectivity index (χ3v) is 5.67. The number of hydrogen-bond donors (Lipinski definition) is 0. The van der Waals surface area contributed by atoms with Gasteiger partial charge in [0, 0.05) is 18.8 Å². The molecule has 0 aliphatic rings. The lowest BCUT2D eigenvalue weighted by Gasteiger charge is -2.26. The Bertz CT molecular complexity index is 742. The number of nitrogens with zero attached hydrogens (tertiary/aromatic N) is 1. The molecule has 0 aliphatic carbocycles. The first-order chi connectivity index (χ1) is 11.6. The Morgan fingerprint density at radius 3 is 1.54 bits per heavy atom. The molecule has 0 atom stereocenters. The SMILES string of the molecule is Clc1cc(N(Cc2ccccc2)Cc2ccccc2)cc(Cl)c1Br. The van der Waals surface area contributed by atoms with E-state index in [4.69, 9.17) is 23.2 Å². The lowest BCUT2D eigenvalue weighted by atomic mass is 10.1. The van der Waals surface area contributed by atoms with Gasteiger partial charge in [0.1, 0.15) is 0 Å². The Morgan fingerprint density at radius 1 is 0.708 bits per heavy atom. The number of rotatable bonds is 5. The van der Waals surface area contributed by atoms with Crippen LogP contribution in [0, 0.1) is 0 Å². The molecule has 0 saturated heterocycles. The predicted molar refractivity (Wildman–Crippen MR) is 107 cm³/mol. The molecule has 0 aromatic heterocycles. The van der Waals surface area contributed by atoms with Gasteiger partial charge >= 0.3 is 0 Å². The Hall–Kier alpha value is -1.48. The topological polar surface area (TPSA) is 3.24 Å². The lowest BCUT2D eigenvalue weighted by Crippen LogP contribution is -2.22. The minimum absolute atomic E-state index is 0.614. The Morgan fingerprint density at radius 2 is 1.12 bits per heavy atom. The summed E-state index contributed by atoms with van der Waals surface area (Å²) >= 11 is 16.0. The average Bonchev–Trinajstić information content (AvgIpc) is 2.60. The number of anilines is 1. The summed E-state index contributed by atoms with van der Waals surface area (Å²) in [7, 11) is 0. The van der Waals surface area contributed by atoms with Gasteiger partial charge in [-0.25, -0.2) is 0 Å². The van der Waals surface area contributed by atoms with Crippen LogP contribution in [0.2, 0.25) is 10.0 Å². The van der Waals surface area contributed by atoms with Crippen LogP contribution in [0.1, 0.15) is 11.1 Å². The van der Waals surface area contributed by atoms with Gasteiger partial charge in [0.25, 0.3) is 0 Å². The normalized spacial score (nSPS) is 10.6. The van der Waals surface area contributed by atoms with Gasteiger partial charge in [-0.2, -0.15) is 0 Å². The van der Waals surface area contributed by atoms with E-state index in [2.05, 4.69) is 69.4 Å². The number of benzene rings is 3. The van der Waals surface area contributed by atoms with E-state index in [1.54, 1.807) is 0 Å². The van der Waals surface area contributed by atoms with Gasteiger partial charge in [-0.05, 0) is 39.2 Å². The summed E-state index contributed by atoms with van der Waals surface area (Å²) in [4.78, 5) is 2.27. The molecular formula is C20H16BrCl2N. The van der Waals surface area contributed by atoms with Crippen molar-refractivity contribution in [2.75, 3.05) is 4.90 Å². The molecule has 0 unspecified atom stereocenters. The molecular weight excluding hydrogens is 405 g/mol. The highest BCUT2D eigenvalue weighted by molar-refractivity contribution is 9.10. The third kappa shape index (κ3) is 4.32. The van der Waals surface area contributed by atoms with Crippen molar-refractivity contribution >= 4 is 44.8 Å². The zero-order valence-corrected chi connectivity index (χ0v) is 16.0. The summed E-state index contributed by atoms with van der Waals surface area (Å²) < 4.78 is 0.731. The summed E-state index contributed by atoms with van der Waals surface area (Å²) in [5.41, 5.74) is 3.48. The molecule has 0 saturated carbocycles. The predicted octanol–water partition coefficient (Wildman–Crippen LogP) is 6.96. The highest BCUT2D eigenvalue weighted by Gasteiger charge is 2.13. The average molecular weight is 421 g/mol. The summed E-state index contributed by atoms with van der Waals surface area (Å²) in [6.45, 7) is 1.56. The monoisotopic (exact) mass is 419 g/mol. The second-order valence-electron chi connectivity index (χ2n) is 5.55. The molecule has 3 aromatic carbocycles. The molecule has 0 radical (unpaired) electrons. The van der Waals surface area contributed by atoms with Gasteiger partial charge in [0.05, 0.1) is 14.5 Å². The second-order valence-corrected chi connectivity index (χ2v) is 7.16. The van der Waals surface area contributed by atoms with Crippen LogP contribution < -0.4 is 4.90 Å². The van der Waals surface area contributed by atoms with Crippen molar-refractivity contribution in [2.45, 2.75) is 13.1 Å². The van der Waals surface area contributed by atoms with Gasteiger partial charge in [-0.15, -0.1) is 0 Å². The second kappa shape index (κ2) is 8.06. The van der Waals surface area contributed by atoms with E-state index in [-0.39, 0.29) is 0 Å². The largest absolute Gasteiger partial charge is 0.363 e. The zero-order chi connectivity index (χ0) is 16.9. The summed E-state index contributed by atoms with van der Waals surface area (Å²) in [5, 5.41) is 1.23. The standard InChI is InChI=1S/C20H16BrCl2N/c21-20-18(22)11-17(12-19(20)23)24(13-15-7-3-1-4-8-15)14-16-9-5-2-6-10-16/h1-12H,13-14H2. The van der Waals surface area contributed by atoms with Gasteiger partial charge in [-0.1, -0.05) is 83.9 Å². The molecule has 0 bridgehead atoms.